The Labute approximate surface area is 113 Å². The molecule has 0 spiro atoms. The first kappa shape index (κ1) is 15.4. The van der Waals surface area contributed by atoms with Gasteiger partial charge in [-0.1, -0.05) is 13.0 Å². The summed E-state index contributed by atoms with van der Waals surface area (Å²) in [5.74, 6) is -0.597. The van der Waals surface area contributed by atoms with Crippen molar-refractivity contribution < 1.29 is 14.3 Å². The third-order valence-electron chi connectivity index (χ3n) is 2.90. The van der Waals surface area contributed by atoms with Crippen LogP contribution in [0.5, 0.6) is 0 Å². The fraction of sp³-hybridized carbons (Fsp3) is 0.500. The van der Waals surface area contributed by atoms with Crippen LogP contribution in [0.15, 0.2) is 18.2 Å². The van der Waals surface area contributed by atoms with Crippen LogP contribution in [0.2, 0.25) is 0 Å². The zero-order chi connectivity index (χ0) is 14.4. The van der Waals surface area contributed by atoms with Crippen LogP contribution in [0, 0.1) is 5.82 Å². The van der Waals surface area contributed by atoms with E-state index in [2.05, 4.69) is 5.32 Å². The fourth-order valence-corrected chi connectivity index (χ4v) is 2.02. The summed E-state index contributed by atoms with van der Waals surface area (Å²) in [5.41, 5.74) is 0.806. The predicted octanol–water partition coefficient (Wildman–Crippen LogP) is 1.84. The first-order chi connectivity index (χ1) is 9.01. The number of benzene rings is 1. The van der Waals surface area contributed by atoms with Crippen LogP contribution in [-0.4, -0.2) is 31.2 Å². The Kier molecular flexibility index (Phi) is 5.76. The van der Waals surface area contributed by atoms with Crippen LogP contribution in [0.4, 0.5) is 10.1 Å². The molecule has 5 heteroatoms. The summed E-state index contributed by atoms with van der Waals surface area (Å²) in [6.07, 6.45) is -0.0903. The highest BCUT2D eigenvalue weighted by Gasteiger charge is 2.19. The van der Waals surface area contributed by atoms with Crippen molar-refractivity contribution in [3.05, 3.63) is 29.6 Å². The maximum absolute atomic E-state index is 13.8. The number of rotatable bonds is 6. The van der Waals surface area contributed by atoms with E-state index in [9.17, 15) is 14.3 Å². The number of halogens is 1. The lowest BCUT2D eigenvalue weighted by Gasteiger charge is -2.27. The second-order valence-electron chi connectivity index (χ2n) is 4.44. The number of carbonyl (C=O) groups excluding carboxylic acids is 1. The van der Waals surface area contributed by atoms with Crippen LogP contribution in [-0.2, 0) is 4.79 Å². The van der Waals surface area contributed by atoms with Gasteiger partial charge in [-0.05, 0) is 25.5 Å². The van der Waals surface area contributed by atoms with E-state index in [1.807, 2.05) is 6.92 Å². The number of likely N-dealkylation sites (N-methyl/N-ethyl adjacent to an activating group) is 1. The first-order valence-corrected chi connectivity index (χ1v) is 6.43. The highest BCUT2D eigenvalue weighted by molar-refractivity contribution is 5.81. The molecule has 2 N–H and O–H groups in total. The third-order valence-corrected chi connectivity index (χ3v) is 2.90. The Hall–Kier alpha value is -1.62. The van der Waals surface area contributed by atoms with Crippen molar-refractivity contribution >= 4 is 11.6 Å². The number of hydrogen-bond donors (Lipinski definition) is 2. The van der Waals surface area contributed by atoms with Crippen molar-refractivity contribution in [2.24, 2.45) is 0 Å². The normalized spacial score (nSPS) is 12.1. The molecule has 0 aromatic heterocycles. The number of aliphatic hydroxyl groups excluding tert-OH is 1. The van der Waals surface area contributed by atoms with Crippen molar-refractivity contribution in [3.63, 3.8) is 0 Å². The Bertz CT molecular complexity index is 435. The minimum Gasteiger partial charge on any atom is -0.389 e. The predicted molar refractivity (Wildman–Crippen MR) is 73.6 cm³/mol. The quantitative estimate of drug-likeness (QED) is 0.827. The van der Waals surface area contributed by atoms with E-state index >= 15 is 0 Å². The van der Waals surface area contributed by atoms with Gasteiger partial charge in [0.15, 0.2) is 0 Å². The molecule has 19 heavy (non-hydrogen) atoms. The van der Waals surface area contributed by atoms with Gasteiger partial charge < -0.3 is 15.3 Å². The minimum absolute atomic E-state index is 0.144. The monoisotopic (exact) mass is 268 g/mol. The summed E-state index contributed by atoms with van der Waals surface area (Å²) in [5, 5.41) is 12.3. The van der Waals surface area contributed by atoms with Crippen LogP contribution in [0.25, 0.3) is 0 Å². The van der Waals surface area contributed by atoms with Crippen molar-refractivity contribution in [1.29, 1.82) is 0 Å². The maximum Gasteiger partial charge on any atom is 0.239 e. The van der Waals surface area contributed by atoms with Gasteiger partial charge in [0.05, 0.1) is 12.6 Å². The molecule has 0 saturated heterocycles. The molecule has 0 aliphatic heterocycles. The van der Waals surface area contributed by atoms with E-state index in [-0.39, 0.29) is 18.0 Å². The van der Waals surface area contributed by atoms with Crippen LogP contribution < -0.4 is 10.2 Å². The molecule has 0 aliphatic rings. The Balaban J connectivity index is 3.14. The number of nitrogens with one attached hydrogen (secondary N) is 1. The molecule has 106 valence electrons. The summed E-state index contributed by atoms with van der Waals surface area (Å²) in [6, 6.07) is 4.63. The van der Waals surface area contributed by atoms with Crippen molar-refractivity contribution in [1.82, 2.24) is 5.32 Å². The molecule has 1 aromatic rings. The van der Waals surface area contributed by atoms with Gasteiger partial charge in [0.1, 0.15) is 5.82 Å². The van der Waals surface area contributed by atoms with E-state index in [4.69, 9.17) is 0 Å². The van der Waals surface area contributed by atoms with E-state index in [1.165, 1.54) is 13.0 Å². The number of carbonyl (C=O) groups is 1. The first-order valence-electron chi connectivity index (χ1n) is 6.43. The molecule has 0 radical (unpaired) electrons. The highest BCUT2D eigenvalue weighted by atomic mass is 19.1. The van der Waals surface area contributed by atoms with E-state index in [0.29, 0.717) is 12.2 Å². The van der Waals surface area contributed by atoms with Crippen LogP contribution in [0.1, 0.15) is 31.9 Å². The fourth-order valence-electron chi connectivity index (χ4n) is 2.02. The summed E-state index contributed by atoms with van der Waals surface area (Å²) in [7, 11) is 1.56. The second-order valence-corrected chi connectivity index (χ2v) is 4.44. The van der Waals surface area contributed by atoms with E-state index in [1.54, 1.807) is 24.1 Å². The van der Waals surface area contributed by atoms with Gasteiger partial charge in [-0.3, -0.25) is 4.79 Å². The average Bonchev–Trinajstić information content (AvgIpc) is 2.37. The lowest BCUT2D eigenvalue weighted by Crippen LogP contribution is -2.36. The van der Waals surface area contributed by atoms with Crippen molar-refractivity contribution in [2.45, 2.75) is 26.4 Å². The molecular formula is C14H21FN2O2. The number of nitrogens with zero attached hydrogens (tertiary/aromatic N) is 1. The molecule has 0 unspecified atom stereocenters. The summed E-state index contributed by atoms with van der Waals surface area (Å²) in [6.45, 7) is 4.27. The Morgan fingerprint density at radius 1 is 1.53 bits per heavy atom. The third kappa shape index (κ3) is 3.92. The smallest absolute Gasteiger partial charge is 0.239 e. The molecule has 1 rings (SSSR count). The van der Waals surface area contributed by atoms with Gasteiger partial charge in [0.2, 0.25) is 5.91 Å². The molecule has 0 aliphatic carbocycles. The van der Waals surface area contributed by atoms with E-state index < -0.39 is 11.9 Å². The standard InChI is InChI=1S/C14H21FN2O2/c1-4-8-17(9-13(19)16-3)12-7-5-6-11(15)14(12)10(2)18/h5-7,10,18H,4,8-9H2,1-3H3,(H,16,19)/t10-/m0/s1. The van der Waals surface area contributed by atoms with Crippen molar-refractivity contribution in [2.75, 3.05) is 25.0 Å². The van der Waals surface area contributed by atoms with Gasteiger partial charge in [-0.15, -0.1) is 0 Å². The summed E-state index contributed by atoms with van der Waals surface area (Å²) < 4.78 is 13.8. The highest BCUT2D eigenvalue weighted by Crippen LogP contribution is 2.29. The summed E-state index contributed by atoms with van der Waals surface area (Å²) in [4.78, 5) is 13.3. The van der Waals surface area contributed by atoms with E-state index in [0.717, 1.165) is 6.42 Å². The molecule has 0 bridgehead atoms. The zero-order valence-corrected chi connectivity index (χ0v) is 11.6. The summed E-state index contributed by atoms with van der Waals surface area (Å²) >= 11 is 0. The molecule has 0 heterocycles. The second kappa shape index (κ2) is 7.09. The average molecular weight is 268 g/mol. The topological polar surface area (TPSA) is 52.6 Å². The molecule has 1 amide bonds. The molecule has 0 saturated carbocycles. The molecule has 0 fully saturated rings. The SMILES string of the molecule is CCCN(CC(=O)NC)c1cccc(F)c1[C@H](C)O. The van der Waals surface area contributed by atoms with Gasteiger partial charge in [0, 0.05) is 24.8 Å². The maximum atomic E-state index is 13.8. The number of amides is 1. The molecular weight excluding hydrogens is 247 g/mol. The van der Waals surface area contributed by atoms with Gasteiger partial charge in [-0.25, -0.2) is 4.39 Å². The zero-order valence-electron chi connectivity index (χ0n) is 11.6. The largest absolute Gasteiger partial charge is 0.389 e. The van der Waals surface area contributed by atoms with Crippen LogP contribution >= 0.6 is 0 Å². The lowest BCUT2D eigenvalue weighted by molar-refractivity contribution is -0.119. The number of hydrogen-bond acceptors (Lipinski definition) is 3. The minimum atomic E-state index is -0.916. The molecule has 1 atom stereocenters. The van der Waals surface area contributed by atoms with Gasteiger partial charge >= 0.3 is 0 Å². The van der Waals surface area contributed by atoms with Crippen LogP contribution in [0.3, 0.4) is 0 Å². The molecule has 1 aromatic carbocycles. The number of aliphatic hydroxyl groups is 1. The van der Waals surface area contributed by atoms with Crippen molar-refractivity contribution in [3.8, 4) is 0 Å². The van der Waals surface area contributed by atoms with Gasteiger partial charge in [0.25, 0.3) is 0 Å². The lowest BCUT2D eigenvalue weighted by atomic mass is 10.1. The van der Waals surface area contributed by atoms with Gasteiger partial charge in [-0.2, -0.15) is 0 Å². The Morgan fingerprint density at radius 3 is 2.74 bits per heavy atom. The Morgan fingerprint density at radius 2 is 2.21 bits per heavy atom. The number of anilines is 1. The molecule has 4 nitrogen and oxygen atoms in total.